The molecule has 8 nitrogen and oxygen atoms in total. The lowest BCUT2D eigenvalue weighted by atomic mass is 10.0. The van der Waals surface area contributed by atoms with E-state index in [-0.39, 0.29) is 29.8 Å². The lowest BCUT2D eigenvalue weighted by Gasteiger charge is -2.34. The number of anilines is 2. The molecule has 0 aromatic heterocycles. The SMILES string of the molecule is CC1(C)C(=O)N(c2ccc(C#N)c(C(F)(F)F)c2)C(S)N1c1ccc(OC2CCN(CC(=O)O)CC2)c(F)c1. The number of thiol groups is 1. The molecule has 2 aromatic carbocycles. The second kappa shape index (κ2) is 10.6. The van der Waals surface area contributed by atoms with Gasteiger partial charge in [-0.1, -0.05) is 0 Å². The van der Waals surface area contributed by atoms with Gasteiger partial charge in [0.15, 0.2) is 17.1 Å². The van der Waals surface area contributed by atoms with Gasteiger partial charge in [0.1, 0.15) is 11.6 Å². The summed E-state index contributed by atoms with van der Waals surface area (Å²) in [5.74, 6) is -2.18. The summed E-state index contributed by atoms with van der Waals surface area (Å²) in [5.41, 5.74) is -3.96. The smallest absolute Gasteiger partial charge is 0.417 e. The van der Waals surface area contributed by atoms with E-state index in [9.17, 15) is 22.8 Å². The molecule has 2 heterocycles. The maximum Gasteiger partial charge on any atom is 0.417 e. The normalized spacial score (nSPS) is 20.3. The van der Waals surface area contributed by atoms with E-state index in [0.717, 1.165) is 17.0 Å². The van der Waals surface area contributed by atoms with Gasteiger partial charge in [0.2, 0.25) is 0 Å². The molecule has 1 amide bonds. The summed E-state index contributed by atoms with van der Waals surface area (Å²) in [4.78, 5) is 28.6. The Kier molecular flexibility index (Phi) is 7.73. The average molecular weight is 567 g/mol. The maximum atomic E-state index is 15.2. The monoisotopic (exact) mass is 566 g/mol. The van der Waals surface area contributed by atoms with E-state index in [2.05, 4.69) is 12.6 Å². The van der Waals surface area contributed by atoms with Crippen LogP contribution in [-0.4, -0.2) is 58.7 Å². The number of carbonyl (C=O) groups excluding carboxylic acids is 1. The van der Waals surface area contributed by atoms with Crippen molar-refractivity contribution in [2.24, 2.45) is 0 Å². The fourth-order valence-corrected chi connectivity index (χ4v) is 5.58. The highest BCUT2D eigenvalue weighted by molar-refractivity contribution is 7.81. The number of hydrogen-bond acceptors (Lipinski definition) is 7. The van der Waals surface area contributed by atoms with Crippen LogP contribution < -0.4 is 14.5 Å². The lowest BCUT2D eigenvalue weighted by Crippen LogP contribution is -2.45. The van der Waals surface area contributed by atoms with Crippen molar-refractivity contribution in [1.82, 2.24) is 4.90 Å². The number of hydrogen-bond donors (Lipinski definition) is 2. The highest BCUT2D eigenvalue weighted by Gasteiger charge is 2.52. The molecule has 2 saturated heterocycles. The van der Waals surface area contributed by atoms with Gasteiger partial charge in [-0.25, -0.2) is 4.39 Å². The summed E-state index contributed by atoms with van der Waals surface area (Å²) in [6, 6.07) is 8.63. The molecule has 4 rings (SSSR count). The van der Waals surface area contributed by atoms with E-state index in [4.69, 9.17) is 15.1 Å². The number of nitriles is 1. The number of ether oxygens (including phenoxy) is 1. The van der Waals surface area contributed by atoms with Crippen LogP contribution >= 0.6 is 12.6 Å². The van der Waals surface area contributed by atoms with E-state index in [1.54, 1.807) is 24.8 Å². The highest BCUT2D eigenvalue weighted by Crippen LogP contribution is 2.43. The Morgan fingerprint density at radius 3 is 2.38 bits per heavy atom. The van der Waals surface area contributed by atoms with Crippen LogP contribution in [0, 0.1) is 17.1 Å². The third-order valence-electron chi connectivity index (χ3n) is 6.89. The van der Waals surface area contributed by atoms with Gasteiger partial charge in [-0.2, -0.15) is 18.4 Å². The number of carboxylic acids is 1. The number of likely N-dealkylation sites (tertiary alicyclic amines) is 1. The minimum absolute atomic E-state index is 0.00625. The van der Waals surface area contributed by atoms with E-state index in [0.29, 0.717) is 25.9 Å². The van der Waals surface area contributed by atoms with Crippen molar-refractivity contribution >= 4 is 35.9 Å². The number of amides is 1. The van der Waals surface area contributed by atoms with E-state index >= 15 is 4.39 Å². The number of benzene rings is 2. The number of aliphatic carboxylic acids is 1. The predicted octanol–water partition coefficient (Wildman–Crippen LogP) is 4.49. The van der Waals surface area contributed by atoms with Crippen molar-refractivity contribution in [1.29, 1.82) is 5.26 Å². The molecule has 1 N–H and O–H groups in total. The first-order chi connectivity index (χ1) is 18.2. The van der Waals surface area contributed by atoms with Crippen molar-refractivity contribution in [3.8, 4) is 11.8 Å². The molecule has 2 aliphatic heterocycles. The minimum Gasteiger partial charge on any atom is -0.487 e. The third kappa shape index (κ3) is 5.62. The van der Waals surface area contributed by atoms with Gasteiger partial charge in [-0.05, 0) is 57.0 Å². The predicted molar refractivity (Wildman–Crippen MR) is 137 cm³/mol. The number of nitrogens with zero attached hydrogens (tertiary/aromatic N) is 4. The van der Waals surface area contributed by atoms with Crippen LogP contribution in [-0.2, 0) is 15.8 Å². The van der Waals surface area contributed by atoms with Crippen molar-refractivity contribution in [3.05, 3.63) is 53.3 Å². The Balaban J connectivity index is 1.56. The quantitative estimate of drug-likeness (QED) is 0.393. The molecule has 1 atom stereocenters. The van der Waals surface area contributed by atoms with Crippen molar-refractivity contribution in [3.63, 3.8) is 0 Å². The van der Waals surface area contributed by atoms with Gasteiger partial charge in [-0.15, -0.1) is 12.6 Å². The van der Waals surface area contributed by atoms with Gasteiger partial charge in [0.25, 0.3) is 5.91 Å². The first kappa shape index (κ1) is 28.5. The topological polar surface area (TPSA) is 97.1 Å². The van der Waals surface area contributed by atoms with Crippen molar-refractivity contribution in [2.75, 3.05) is 29.4 Å². The number of piperidine rings is 1. The molecule has 2 aliphatic rings. The van der Waals surface area contributed by atoms with E-state index in [1.165, 1.54) is 29.2 Å². The molecule has 0 radical (unpaired) electrons. The zero-order chi connectivity index (χ0) is 28.7. The summed E-state index contributed by atoms with van der Waals surface area (Å²) in [5, 5.41) is 18.0. The Morgan fingerprint density at radius 2 is 1.82 bits per heavy atom. The number of alkyl halides is 3. The summed E-state index contributed by atoms with van der Waals surface area (Å²) in [6.45, 7) is 4.05. The molecular weight excluding hydrogens is 540 g/mol. The first-order valence-electron chi connectivity index (χ1n) is 12.1. The molecule has 2 aromatic rings. The second-order valence-electron chi connectivity index (χ2n) is 9.89. The van der Waals surface area contributed by atoms with Gasteiger partial charge in [0, 0.05) is 30.5 Å². The van der Waals surface area contributed by atoms with Crippen LogP contribution in [0.3, 0.4) is 0 Å². The average Bonchev–Trinajstić information content (AvgIpc) is 3.03. The number of carbonyl (C=O) groups is 2. The summed E-state index contributed by atoms with van der Waals surface area (Å²) in [6.07, 6.45) is -4.05. The van der Waals surface area contributed by atoms with E-state index in [1.807, 2.05) is 0 Å². The molecule has 1 unspecified atom stereocenters. The molecule has 39 heavy (non-hydrogen) atoms. The largest absolute Gasteiger partial charge is 0.487 e. The molecule has 2 fully saturated rings. The van der Waals surface area contributed by atoms with Crippen LogP contribution in [0.1, 0.15) is 37.8 Å². The molecule has 0 spiro atoms. The van der Waals surface area contributed by atoms with Gasteiger partial charge in [0.05, 0.1) is 23.7 Å². The minimum atomic E-state index is -4.81. The second-order valence-corrected chi connectivity index (χ2v) is 10.4. The third-order valence-corrected chi connectivity index (χ3v) is 7.36. The first-order valence-corrected chi connectivity index (χ1v) is 12.6. The Morgan fingerprint density at radius 1 is 1.18 bits per heavy atom. The van der Waals surface area contributed by atoms with Crippen molar-refractivity contribution < 1.29 is 37.0 Å². The summed E-state index contributed by atoms with van der Waals surface area (Å²) < 4.78 is 61.6. The van der Waals surface area contributed by atoms with Crippen LogP contribution in [0.2, 0.25) is 0 Å². The standard InChI is InChI=1S/C26H26F4N4O4S/c1-25(2)23(37)33(16-4-3-15(13-31)19(11-16)26(28,29)30)24(39)34(25)17-5-6-21(20(27)12-17)38-18-7-9-32(10-8-18)14-22(35)36/h3-6,11-12,18,24,39H,7-10,14H2,1-2H3,(H,35,36). The maximum absolute atomic E-state index is 15.2. The molecule has 0 saturated carbocycles. The lowest BCUT2D eigenvalue weighted by molar-refractivity contribution is -0.139. The van der Waals surface area contributed by atoms with Crippen LogP contribution in [0.15, 0.2) is 36.4 Å². The van der Waals surface area contributed by atoms with Gasteiger partial charge >= 0.3 is 12.1 Å². The number of halogens is 4. The fourth-order valence-electron chi connectivity index (χ4n) is 4.92. The number of rotatable bonds is 6. The zero-order valence-corrected chi connectivity index (χ0v) is 22.0. The fraction of sp³-hybridized carbons (Fsp3) is 0.423. The van der Waals surface area contributed by atoms with Crippen molar-refractivity contribution in [2.45, 2.75) is 50.0 Å². The van der Waals surface area contributed by atoms with Gasteiger partial charge < -0.3 is 14.7 Å². The highest BCUT2D eigenvalue weighted by atomic mass is 32.1. The summed E-state index contributed by atoms with van der Waals surface area (Å²) >= 11 is 4.52. The van der Waals surface area contributed by atoms with E-state index < -0.39 is 46.0 Å². The van der Waals surface area contributed by atoms with Crippen LogP contribution in [0.4, 0.5) is 28.9 Å². The van der Waals surface area contributed by atoms with Gasteiger partial charge in [-0.3, -0.25) is 19.4 Å². The Labute approximate surface area is 227 Å². The Bertz CT molecular complexity index is 1320. The number of carboxylic acid groups (broad SMARTS) is 1. The van der Waals surface area contributed by atoms with Crippen LogP contribution in [0.25, 0.3) is 0 Å². The molecule has 0 aliphatic carbocycles. The molecule has 13 heteroatoms. The molecule has 208 valence electrons. The summed E-state index contributed by atoms with van der Waals surface area (Å²) in [7, 11) is 0. The molecular formula is C26H26F4N4O4S. The van der Waals surface area contributed by atoms with Crippen LogP contribution in [0.5, 0.6) is 5.75 Å². The zero-order valence-electron chi connectivity index (χ0n) is 21.1. The molecule has 0 bridgehead atoms. The Hall–Kier alpha value is -3.50.